The van der Waals surface area contributed by atoms with Gasteiger partial charge in [0.15, 0.2) is 5.82 Å². The fourth-order valence-electron chi connectivity index (χ4n) is 3.75. The van der Waals surface area contributed by atoms with E-state index in [-0.39, 0.29) is 34.3 Å². The maximum atomic E-state index is 13.2. The minimum atomic E-state index is -0.988. The fraction of sp³-hybridized carbons (Fsp3) is 0.160. The number of hydrogen-bond donors (Lipinski definition) is 1. The van der Waals surface area contributed by atoms with Crippen molar-refractivity contribution in [2.45, 2.75) is 13.0 Å². The molecule has 1 aromatic heterocycles. The molecule has 2 aromatic carbocycles. The number of aliphatic hydroxyl groups excluding tert-OH is 1. The van der Waals surface area contributed by atoms with Gasteiger partial charge in [0.1, 0.15) is 29.6 Å². The Morgan fingerprint density at radius 3 is 2.71 bits per heavy atom. The Bertz CT molecular complexity index is 1310. The Morgan fingerprint density at radius 1 is 1.26 bits per heavy atom. The van der Waals surface area contributed by atoms with E-state index in [1.54, 1.807) is 55.5 Å². The number of halogens is 1. The van der Waals surface area contributed by atoms with Gasteiger partial charge in [0.05, 0.1) is 23.7 Å². The third-order valence-corrected chi connectivity index (χ3v) is 5.57. The van der Waals surface area contributed by atoms with Crippen LogP contribution in [-0.4, -0.2) is 35.7 Å². The predicted octanol–water partition coefficient (Wildman–Crippen LogP) is 4.84. The van der Waals surface area contributed by atoms with Crippen molar-refractivity contribution in [3.8, 4) is 11.5 Å². The first-order chi connectivity index (χ1) is 16.3. The van der Waals surface area contributed by atoms with E-state index in [1.807, 2.05) is 0 Å². The highest BCUT2D eigenvalue weighted by Gasteiger charge is 2.48. The molecule has 1 fully saturated rings. The summed E-state index contributed by atoms with van der Waals surface area (Å²) in [5.74, 6) is -0.584. The predicted molar refractivity (Wildman–Crippen MR) is 126 cm³/mol. The summed E-state index contributed by atoms with van der Waals surface area (Å²) in [5, 5.41) is 15.4. The van der Waals surface area contributed by atoms with Crippen LogP contribution >= 0.6 is 11.6 Å². The number of Topliss-reactive ketones (excluding diaryl/α,β-unsaturated/α-hetero) is 1. The van der Waals surface area contributed by atoms with Gasteiger partial charge in [0, 0.05) is 11.6 Å². The summed E-state index contributed by atoms with van der Waals surface area (Å²) >= 11 is 6.23. The van der Waals surface area contributed by atoms with Crippen LogP contribution in [-0.2, 0) is 9.59 Å². The Kier molecular flexibility index (Phi) is 6.43. The third-order valence-electron chi connectivity index (χ3n) is 5.27. The number of aromatic nitrogens is 1. The normalized spacial score (nSPS) is 17.1. The first-order valence-electron chi connectivity index (χ1n) is 10.3. The van der Waals surface area contributed by atoms with Gasteiger partial charge < -0.3 is 19.1 Å². The quantitative estimate of drug-likeness (QED) is 0.223. The van der Waals surface area contributed by atoms with Crippen LogP contribution in [0.2, 0.25) is 5.02 Å². The Balaban J connectivity index is 1.91. The number of rotatable bonds is 7. The molecule has 8 nitrogen and oxygen atoms in total. The third kappa shape index (κ3) is 4.15. The Morgan fingerprint density at radius 2 is 2.06 bits per heavy atom. The molecule has 0 bridgehead atoms. The lowest BCUT2D eigenvalue weighted by molar-refractivity contribution is -0.132. The summed E-state index contributed by atoms with van der Waals surface area (Å²) in [6, 6.07) is 12.0. The monoisotopic (exact) mass is 480 g/mol. The summed E-state index contributed by atoms with van der Waals surface area (Å²) < 4.78 is 15.9. The van der Waals surface area contributed by atoms with Gasteiger partial charge in [-0.2, -0.15) is 0 Å². The van der Waals surface area contributed by atoms with Crippen molar-refractivity contribution in [3.05, 3.63) is 88.7 Å². The molecule has 4 rings (SSSR count). The maximum Gasteiger partial charge on any atom is 0.301 e. The van der Waals surface area contributed by atoms with Crippen molar-refractivity contribution < 1.29 is 28.7 Å². The highest BCUT2D eigenvalue weighted by atomic mass is 35.5. The number of hydrogen-bond acceptors (Lipinski definition) is 7. The standard InChI is InChI=1S/C25H21ClN2O6/c1-4-10-33-17-7-5-6-15(12-17)22-21(23(29)16-8-9-19(32-3)18(26)13-16)24(30)25(31)28(22)20-11-14(2)34-27-20/h4-9,11-13,22,29H,1,10H2,2-3H3/b23-21+. The zero-order valence-corrected chi connectivity index (χ0v) is 19.2. The van der Waals surface area contributed by atoms with Crippen LogP contribution < -0.4 is 14.4 Å². The van der Waals surface area contributed by atoms with Crippen molar-refractivity contribution in [2.75, 3.05) is 18.6 Å². The van der Waals surface area contributed by atoms with Gasteiger partial charge in [0.2, 0.25) is 0 Å². The van der Waals surface area contributed by atoms with Crippen LogP contribution in [0.3, 0.4) is 0 Å². The van der Waals surface area contributed by atoms with Crippen LogP contribution in [0.15, 0.2) is 71.3 Å². The van der Waals surface area contributed by atoms with E-state index in [9.17, 15) is 14.7 Å². The fourth-order valence-corrected chi connectivity index (χ4v) is 4.01. The van der Waals surface area contributed by atoms with Crippen LogP contribution in [0.1, 0.15) is 22.9 Å². The lowest BCUT2D eigenvalue weighted by Crippen LogP contribution is -2.29. The highest BCUT2D eigenvalue weighted by molar-refractivity contribution is 6.51. The molecule has 1 N–H and O–H groups in total. The van der Waals surface area contributed by atoms with Crippen LogP contribution in [0.5, 0.6) is 11.5 Å². The average molecular weight is 481 g/mol. The van der Waals surface area contributed by atoms with E-state index >= 15 is 0 Å². The van der Waals surface area contributed by atoms with E-state index in [0.29, 0.717) is 22.8 Å². The van der Waals surface area contributed by atoms with Crippen molar-refractivity contribution >= 4 is 34.9 Å². The molecule has 9 heteroatoms. The summed E-state index contributed by atoms with van der Waals surface area (Å²) in [6.45, 7) is 5.58. The van der Waals surface area contributed by atoms with E-state index < -0.39 is 17.7 Å². The number of nitrogens with zero attached hydrogens (tertiary/aromatic N) is 2. The van der Waals surface area contributed by atoms with Gasteiger partial charge in [-0.05, 0) is 42.8 Å². The van der Waals surface area contributed by atoms with E-state index in [1.165, 1.54) is 18.1 Å². The summed E-state index contributed by atoms with van der Waals surface area (Å²) in [7, 11) is 1.47. The van der Waals surface area contributed by atoms with Gasteiger partial charge in [0.25, 0.3) is 5.78 Å². The molecule has 34 heavy (non-hydrogen) atoms. The van der Waals surface area contributed by atoms with E-state index in [0.717, 1.165) is 0 Å². The van der Waals surface area contributed by atoms with Gasteiger partial charge in [-0.15, -0.1) is 0 Å². The molecule has 3 aromatic rings. The first kappa shape index (κ1) is 23.1. The molecule has 1 aliphatic heterocycles. The number of ether oxygens (including phenoxy) is 2. The maximum absolute atomic E-state index is 13.2. The second kappa shape index (κ2) is 9.44. The van der Waals surface area contributed by atoms with Crippen LogP contribution in [0, 0.1) is 6.92 Å². The Hall–Kier alpha value is -4.04. The number of methoxy groups -OCH3 is 1. The molecule has 2 heterocycles. The molecule has 0 saturated carbocycles. The van der Waals surface area contributed by atoms with Gasteiger partial charge in [-0.3, -0.25) is 14.5 Å². The number of anilines is 1. The van der Waals surface area contributed by atoms with E-state index in [4.69, 9.17) is 25.6 Å². The molecule has 0 aliphatic carbocycles. The zero-order valence-electron chi connectivity index (χ0n) is 18.4. The van der Waals surface area contributed by atoms with Crippen molar-refractivity contribution in [3.63, 3.8) is 0 Å². The first-order valence-corrected chi connectivity index (χ1v) is 10.7. The van der Waals surface area contributed by atoms with E-state index in [2.05, 4.69) is 11.7 Å². The molecular weight excluding hydrogens is 460 g/mol. The minimum Gasteiger partial charge on any atom is -0.507 e. The summed E-state index contributed by atoms with van der Waals surface area (Å²) in [6.07, 6.45) is 1.60. The number of aliphatic hydroxyl groups is 1. The molecule has 174 valence electrons. The van der Waals surface area contributed by atoms with Gasteiger partial charge in [-0.1, -0.05) is 41.5 Å². The molecule has 0 spiro atoms. The molecule has 1 aliphatic rings. The van der Waals surface area contributed by atoms with Crippen LogP contribution in [0.25, 0.3) is 5.76 Å². The lowest BCUT2D eigenvalue weighted by atomic mass is 9.95. The van der Waals surface area contributed by atoms with Crippen LogP contribution in [0.4, 0.5) is 5.82 Å². The number of carbonyl (C=O) groups is 2. The zero-order chi connectivity index (χ0) is 24.4. The number of aryl methyl sites for hydroxylation is 1. The van der Waals surface area contributed by atoms with Gasteiger partial charge in [-0.25, -0.2) is 0 Å². The lowest BCUT2D eigenvalue weighted by Gasteiger charge is -2.23. The second-order valence-electron chi connectivity index (χ2n) is 7.49. The molecule has 0 radical (unpaired) electrons. The summed E-state index contributed by atoms with van der Waals surface area (Å²) in [5.41, 5.74) is 0.666. The molecule has 1 saturated heterocycles. The van der Waals surface area contributed by atoms with Crippen molar-refractivity contribution in [1.29, 1.82) is 0 Å². The largest absolute Gasteiger partial charge is 0.507 e. The number of carbonyl (C=O) groups excluding carboxylic acids is 2. The molecule has 1 amide bonds. The van der Waals surface area contributed by atoms with Gasteiger partial charge >= 0.3 is 5.91 Å². The molecule has 1 unspecified atom stereocenters. The van der Waals surface area contributed by atoms with Crippen molar-refractivity contribution in [1.82, 2.24) is 5.16 Å². The minimum absolute atomic E-state index is 0.118. The molecule has 1 atom stereocenters. The molecular formula is C25H21ClN2O6. The second-order valence-corrected chi connectivity index (χ2v) is 7.89. The average Bonchev–Trinajstić information content (AvgIpc) is 3.37. The highest BCUT2D eigenvalue weighted by Crippen LogP contribution is 2.43. The Labute approximate surface area is 200 Å². The smallest absolute Gasteiger partial charge is 0.301 e. The number of ketones is 1. The van der Waals surface area contributed by atoms with Crippen molar-refractivity contribution in [2.24, 2.45) is 0 Å². The SMILES string of the molecule is C=CCOc1cccc(C2/C(=C(\O)c3ccc(OC)c(Cl)c3)C(=O)C(=O)N2c2cc(C)on2)c1. The summed E-state index contributed by atoms with van der Waals surface area (Å²) in [4.78, 5) is 27.5. The number of benzene rings is 2. The topological polar surface area (TPSA) is 102 Å². The number of amides is 1.